The predicted octanol–water partition coefficient (Wildman–Crippen LogP) is 0.603. The summed E-state index contributed by atoms with van der Waals surface area (Å²) in [7, 11) is -2.33. The number of carbonyl (C=O) groups excluding carboxylic acids is 1. The zero-order chi connectivity index (χ0) is 20.7. The number of nitrogens with zero attached hydrogens (tertiary/aromatic N) is 3. The number of aliphatic hydroxyl groups is 1. The highest BCUT2D eigenvalue weighted by Crippen LogP contribution is 2.29. The average Bonchev–Trinajstić information content (AvgIpc) is 3.21. The van der Waals surface area contributed by atoms with Gasteiger partial charge in [-0.15, -0.1) is 0 Å². The van der Waals surface area contributed by atoms with Crippen molar-refractivity contribution in [3.63, 3.8) is 0 Å². The van der Waals surface area contributed by atoms with Crippen LogP contribution in [0.15, 0.2) is 41.8 Å². The second-order valence-electron chi connectivity index (χ2n) is 6.42. The lowest BCUT2D eigenvalue weighted by Gasteiger charge is -2.16. The van der Waals surface area contributed by atoms with Crippen LogP contribution in [0.4, 0.5) is 13.2 Å². The summed E-state index contributed by atoms with van der Waals surface area (Å²) in [5.74, 6) is -0.713. The highest BCUT2D eigenvalue weighted by molar-refractivity contribution is 7.89. The number of imidazole rings is 1. The van der Waals surface area contributed by atoms with Crippen LogP contribution in [0.2, 0.25) is 0 Å². The van der Waals surface area contributed by atoms with Crippen LogP contribution in [-0.4, -0.2) is 58.5 Å². The molecule has 1 saturated heterocycles. The van der Waals surface area contributed by atoms with Crippen molar-refractivity contribution in [2.24, 2.45) is 7.05 Å². The summed E-state index contributed by atoms with van der Waals surface area (Å²) in [4.78, 5) is 16.0. The third-order valence-electron chi connectivity index (χ3n) is 4.33. The Kier molecular flexibility index (Phi) is 5.21. The van der Waals surface area contributed by atoms with Gasteiger partial charge in [0.15, 0.2) is 5.03 Å². The lowest BCUT2D eigenvalue weighted by molar-refractivity contribution is -0.137. The van der Waals surface area contributed by atoms with Crippen LogP contribution < -0.4 is 5.32 Å². The Morgan fingerprint density at radius 3 is 2.43 bits per heavy atom. The number of aryl methyl sites for hydroxylation is 1. The van der Waals surface area contributed by atoms with Crippen molar-refractivity contribution in [1.82, 2.24) is 19.2 Å². The zero-order valence-electron chi connectivity index (χ0n) is 14.6. The van der Waals surface area contributed by atoms with Gasteiger partial charge in [-0.05, 0) is 24.3 Å². The van der Waals surface area contributed by atoms with Crippen LogP contribution in [0.1, 0.15) is 15.9 Å². The quantitative estimate of drug-likeness (QED) is 0.757. The first-order valence-electron chi connectivity index (χ1n) is 8.13. The molecule has 1 aliphatic rings. The number of nitrogens with one attached hydrogen (secondary N) is 1. The first kappa shape index (κ1) is 20.3. The topological polar surface area (TPSA) is 105 Å². The first-order valence-corrected chi connectivity index (χ1v) is 9.57. The molecule has 12 heteroatoms. The number of hydrogen-bond acceptors (Lipinski definition) is 5. The fraction of sp³-hybridized carbons (Fsp3) is 0.375. The van der Waals surface area contributed by atoms with Crippen molar-refractivity contribution < 1.29 is 31.5 Å². The van der Waals surface area contributed by atoms with E-state index in [1.807, 2.05) is 0 Å². The van der Waals surface area contributed by atoms with E-state index in [-0.39, 0.29) is 23.7 Å². The summed E-state index contributed by atoms with van der Waals surface area (Å²) < 4.78 is 65.3. The fourth-order valence-corrected chi connectivity index (χ4v) is 4.26. The SMILES string of the molecule is Cn1cnc(S(=O)(=O)N2CC(O)C(NC(=O)c3ccc(C(F)(F)F)cc3)C2)c1. The van der Waals surface area contributed by atoms with Crippen LogP contribution in [0.3, 0.4) is 0 Å². The van der Waals surface area contributed by atoms with Crippen molar-refractivity contribution in [1.29, 1.82) is 0 Å². The van der Waals surface area contributed by atoms with Gasteiger partial charge in [0, 0.05) is 31.9 Å². The normalized spacial score (nSPS) is 21.0. The standard InChI is InChI=1S/C16H17F3N4O4S/c1-22-8-14(20-9-22)28(26,27)23-6-12(13(24)7-23)21-15(25)10-2-4-11(5-3-10)16(17,18)19/h2-5,8-9,12-13,24H,6-7H2,1H3,(H,21,25). The van der Waals surface area contributed by atoms with Crippen molar-refractivity contribution in [2.75, 3.05) is 13.1 Å². The second kappa shape index (κ2) is 7.18. The number of carbonyl (C=O) groups is 1. The minimum Gasteiger partial charge on any atom is -0.390 e. The van der Waals surface area contributed by atoms with Gasteiger partial charge in [-0.25, -0.2) is 13.4 Å². The Morgan fingerprint density at radius 2 is 1.89 bits per heavy atom. The van der Waals surface area contributed by atoms with Crippen molar-refractivity contribution in [3.05, 3.63) is 47.9 Å². The van der Waals surface area contributed by atoms with Gasteiger partial charge in [0.1, 0.15) is 0 Å². The van der Waals surface area contributed by atoms with Gasteiger partial charge in [0.25, 0.3) is 15.9 Å². The van der Waals surface area contributed by atoms with Gasteiger partial charge >= 0.3 is 6.18 Å². The molecule has 0 saturated carbocycles. The van der Waals surface area contributed by atoms with Gasteiger partial charge in [-0.2, -0.15) is 17.5 Å². The Morgan fingerprint density at radius 1 is 1.25 bits per heavy atom. The molecule has 3 rings (SSSR count). The third kappa shape index (κ3) is 4.03. The molecule has 28 heavy (non-hydrogen) atoms. The monoisotopic (exact) mass is 418 g/mol. The minimum absolute atomic E-state index is 0.0359. The molecule has 1 aromatic carbocycles. The third-order valence-corrected chi connectivity index (χ3v) is 6.05. The molecule has 2 unspecified atom stereocenters. The molecule has 0 radical (unpaired) electrons. The summed E-state index contributed by atoms with van der Waals surface area (Å²) in [5, 5.41) is 12.4. The Labute approximate surface area is 158 Å². The maximum atomic E-state index is 12.6. The molecule has 152 valence electrons. The number of β-amino-alcohol motifs (C(OH)–C–C–N with tert-alkyl or cyclic N) is 1. The summed E-state index contributed by atoms with van der Waals surface area (Å²) in [6, 6.07) is 2.67. The summed E-state index contributed by atoms with van der Waals surface area (Å²) in [6.07, 6.45) is -3.05. The molecule has 2 aromatic rings. The van der Waals surface area contributed by atoms with E-state index < -0.39 is 39.8 Å². The Hall–Kier alpha value is -2.44. The lowest BCUT2D eigenvalue weighted by atomic mass is 10.1. The average molecular weight is 418 g/mol. The van der Waals surface area contributed by atoms with E-state index in [9.17, 15) is 31.5 Å². The number of alkyl halides is 3. The summed E-state index contributed by atoms with van der Waals surface area (Å²) in [5.41, 5.74) is -0.927. The first-order chi connectivity index (χ1) is 13.0. The van der Waals surface area contributed by atoms with Gasteiger partial charge in [-0.3, -0.25) is 4.79 Å². The highest BCUT2D eigenvalue weighted by atomic mass is 32.2. The molecule has 8 nitrogen and oxygen atoms in total. The molecule has 0 aliphatic carbocycles. The number of aromatic nitrogens is 2. The van der Waals surface area contributed by atoms with Crippen LogP contribution in [0.25, 0.3) is 0 Å². The number of hydrogen-bond donors (Lipinski definition) is 2. The van der Waals surface area contributed by atoms with E-state index in [1.165, 1.54) is 17.1 Å². The summed E-state index contributed by atoms with van der Waals surface area (Å²) in [6.45, 7) is -0.427. The highest BCUT2D eigenvalue weighted by Gasteiger charge is 2.40. The molecular formula is C16H17F3N4O4S. The van der Waals surface area contributed by atoms with Gasteiger partial charge in [0.2, 0.25) is 0 Å². The molecule has 2 heterocycles. The van der Waals surface area contributed by atoms with Gasteiger partial charge in [-0.1, -0.05) is 0 Å². The molecule has 1 aromatic heterocycles. The van der Waals surface area contributed by atoms with Crippen LogP contribution in [0.5, 0.6) is 0 Å². The molecule has 1 fully saturated rings. The fourth-order valence-electron chi connectivity index (χ4n) is 2.81. The molecule has 1 aliphatic heterocycles. The van der Waals surface area contributed by atoms with Crippen LogP contribution in [0, 0.1) is 0 Å². The largest absolute Gasteiger partial charge is 0.416 e. The maximum absolute atomic E-state index is 12.6. The number of rotatable bonds is 4. The smallest absolute Gasteiger partial charge is 0.390 e. The van der Waals surface area contributed by atoms with E-state index >= 15 is 0 Å². The minimum atomic E-state index is -4.52. The van der Waals surface area contributed by atoms with Gasteiger partial charge < -0.3 is 15.0 Å². The number of halogens is 3. The van der Waals surface area contributed by atoms with E-state index in [0.29, 0.717) is 0 Å². The number of amides is 1. The summed E-state index contributed by atoms with van der Waals surface area (Å²) >= 11 is 0. The Balaban J connectivity index is 1.69. The Bertz CT molecular complexity index is 973. The molecular weight excluding hydrogens is 401 g/mol. The van der Waals surface area contributed by atoms with Crippen molar-refractivity contribution in [2.45, 2.75) is 23.3 Å². The predicted molar refractivity (Wildman–Crippen MR) is 90.7 cm³/mol. The van der Waals surface area contributed by atoms with Crippen molar-refractivity contribution >= 4 is 15.9 Å². The van der Waals surface area contributed by atoms with E-state index in [1.54, 1.807) is 7.05 Å². The van der Waals surface area contributed by atoms with Crippen molar-refractivity contribution in [3.8, 4) is 0 Å². The molecule has 1 amide bonds. The number of benzene rings is 1. The van der Waals surface area contributed by atoms with Gasteiger partial charge in [0.05, 0.1) is 24.0 Å². The molecule has 0 bridgehead atoms. The zero-order valence-corrected chi connectivity index (χ0v) is 15.4. The second-order valence-corrected chi connectivity index (χ2v) is 8.31. The van der Waals surface area contributed by atoms with Crippen LogP contribution in [-0.2, 0) is 23.2 Å². The van der Waals surface area contributed by atoms with E-state index in [0.717, 1.165) is 28.6 Å². The number of aliphatic hydroxyl groups excluding tert-OH is 1. The van der Waals surface area contributed by atoms with E-state index in [4.69, 9.17) is 0 Å². The van der Waals surface area contributed by atoms with Crippen LogP contribution >= 0.6 is 0 Å². The lowest BCUT2D eigenvalue weighted by Crippen LogP contribution is -2.43. The molecule has 2 N–H and O–H groups in total. The van der Waals surface area contributed by atoms with E-state index in [2.05, 4.69) is 10.3 Å². The number of sulfonamides is 1. The molecule has 0 spiro atoms. The maximum Gasteiger partial charge on any atom is 0.416 e. The molecule has 2 atom stereocenters.